The van der Waals surface area contributed by atoms with E-state index in [1.165, 1.54) is 11.6 Å². The Kier molecular flexibility index (Phi) is 2.23. The number of benzene rings is 1. The Labute approximate surface area is 82.3 Å². The van der Waals surface area contributed by atoms with Crippen LogP contribution in [0, 0.1) is 0 Å². The zero-order valence-electron chi connectivity index (χ0n) is 7.68. The van der Waals surface area contributed by atoms with Crippen LogP contribution in [0.2, 0.25) is 0 Å². The summed E-state index contributed by atoms with van der Waals surface area (Å²) >= 11 is 0. The van der Waals surface area contributed by atoms with E-state index in [-0.39, 0.29) is 0 Å². The monoisotopic (exact) mass is 189 g/mol. The quantitative estimate of drug-likeness (QED) is 0.719. The van der Waals surface area contributed by atoms with Crippen molar-refractivity contribution in [3.63, 3.8) is 0 Å². The van der Waals surface area contributed by atoms with Crippen LogP contribution in [-0.2, 0) is 11.2 Å². The molecule has 1 aliphatic rings. The zero-order valence-corrected chi connectivity index (χ0v) is 7.68. The largest absolute Gasteiger partial charge is 0.478 e. The van der Waals surface area contributed by atoms with Gasteiger partial charge < -0.3 is 10.0 Å². The third kappa shape index (κ3) is 1.62. The lowest BCUT2D eigenvalue weighted by atomic mass is 10.2. The van der Waals surface area contributed by atoms with Crippen LogP contribution < -0.4 is 4.90 Å². The van der Waals surface area contributed by atoms with Crippen LogP contribution in [-0.4, -0.2) is 17.6 Å². The molecule has 1 aromatic carbocycles. The van der Waals surface area contributed by atoms with Gasteiger partial charge in [-0.25, -0.2) is 4.79 Å². The van der Waals surface area contributed by atoms with Gasteiger partial charge in [-0.2, -0.15) is 0 Å². The molecule has 0 radical (unpaired) electrons. The van der Waals surface area contributed by atoms with Gasteiger partial charge in [-0.05, 0) is 18.1 Å². The predicted molar refractivity (Wildman–Crippen MR) is 54.3 cm³/mol. The van der Waals surface area contributed by atoms with Crippen LogP contribution in [0.25, 0.3) is 0 Å². The molecule has 0 saturated heterocycles. The van der Waals surface area contributed by atoms with Crippen molar-refractivity contribution in [3.8, 4) is 0 Å². The van der Waals surface area contributed by atoms with Crippen molar-refractivity contribution in [2.75, 3.05) is 11.4 Å². The maximum atomic E-state index is 10.4. The molecule has 0 fully saturated rings. The summed E-state index contributed by atoms with van der Waals surface area (Å²) in [6.07, 6.45) is 3.77. The number of hydrogen-bond acceptors (Lipinski definition) is 2. The van der Waals surface area contributed by atoms with E-state index >= 15 is 0 Å². The van der Waals surface area contributed by atoms with Crippen LogP contribution in [0.3, 0.4) is 0 Å². The molecule has 72 valence electrons. The fraction of sp³-hybridized carbons (Fsp3) is 0.182. The second-order valence-corrected chi connectivity index (χ2v) is 3.23. The summed E-state index contributed by atoms with van der Waals surface area (Å²) in [6, 6.07) is 8.05. The second kappa shape index (κ2) is 3.54. The highest BCUT2D eigenvalue weighted by atomic mass is 16.4. The van der Waals surface area contributed by atoms with Crippen molar-refractivity contribution in [1.29, 1.82) is 0 Å². The van der Waals surface area contributed by atoms with Gasteiger partial charge in [-0.1, -0.05) is 18.2 Å². The summed E-state index contributed by atoms with van der Waals surface area (Å²) < 4.78 is 0. The summed E-state index contributed by atoms with van der Waals surface area (Å²) in [5, 5.41) is 8.51. The molecular formula is C11H11NO2. The molecule has 0 atom stereocenters. The normalized spacial score (nSPS) is 14.7. The molecule has 0 amide bonds. The van der Waals surface area contributed by atoms with E-state index in [1.54, 1.807) is 6.20 Å². The number of rotatable bonds is 2. The molecule has 1 heterocycles. The molecule has 0 aromatic heterocycles. The average molecular weight is 189 g/mol. The topological polar surface area (TPSA) is 40.5 Å². The maximum Gasteiger partial charge on any atom is 0.329 e. The lowest BCUT2D eigenvalue weighted by Gasteiger charge is -2.12. The summed E-state index contributed by atoms with van der Waals surface area (Å²) in [5.41, 5.74) is 2.40. The molecule has 1 N–H and O–H groups in total. The molecule has 3 heteroatoms. The van der Waals surface area contributed by atoms with Crippen LogP contribution in [0.4, 0.5) is 5.69 Å². The first-order chi connectivity index (χ1) is 6.77. The van der Waals surface area contributed by atoms with Crippen molar-refractivity contribution >= 4 is 11.7 Å². The molecule has 0 saturated carbocycles. The minimum Gasteiger partial charge on any atom is -0.478 e. The van der Waals surface area contributed by atoms with Gasteiger partial charge in [-0.3, -0.25) is 0 Å². The van der Waals surface area contributed by atoms with Crippen molar-refractivity contribution in [2.45, 2.75) is 6.42 Å². The number of aliphatic carboxylic acids is 1. The lowest BCUT2D eigenvalue weighted by Crippen LogP contribution is -2.12. The van der Waals surface area contributed by atoms with E-state index in [0.717, 1.165) is 18.7 Å². The molecule has 0 spiro atoms. The molecule has 0 aliphatic carbocycles. The van der Waals surface area contributed by atoms with E-state index < -0.39 is 5.97 Å². The second-order valence-electron chi connectivity index (χ2n) is 3.23. The van der Waals surface area contributed by atoms with Crippen molar-refractivity contribution in [2.24, 2.45) is 0 Å². The van der Waals surface area contributed by atoms with Crippen LogP contribution in [0.5, 0.6) is 0 Å². The highest BCUT2D eigenvalue weighted by Crippen LogP contribution is 2.27. The molecule has 2 rings (SSSR count). The molecule has 0 bridgehead atoms. The number of carbonyl (C=O) groups is 1. The Morgan fingerprint density at radius 1 is 1.43 bits per heavy atom. The first-order valence-corrected chi connectivity index (χ1v) is 4.53. The van der Waals surface area contributed by atoms with E-state index in [4.69, 9.17) is 5.11 Å². The van der Waals surface area contributed by atoms with Gasteiger partial charge in [0.05, 0.1) is 0 Å². The third-order valence-corrected chi connectivity index (χ3v) is 2.32. The Morgan fingerprint density at radius 2 is 2.21 bits per heavy atom. The van der Waals surface area contributed by atoms with Crippen molar-refractivity contribution in [1.82, 2.24) is 0 Å². The lowest BCUT2D eigenvalue weighted by molar-refractivity contribution is -0.131. The first kappa shape index (κ1) is 8.81. The third-order valence-electron chi connectivity index (χ3n) is 2.32. The summed E-state index contributed by atoms with van der Waals surface area (Å²) in [5.74, 6) is -0.908. The Hall–Kier alpha value is -1.77. The highest BCUT2D eigenvalue weighted by Gasteiger charge is 2.15. The number of carboxylic acids is 1. The van der Waals surface area contributed by atoms with Crippen LogP contribution >= 0.6 is 0 Å². The summed E-state index contributed by atoms with van der Waals surface area (Å²) in [4.78, 5) is 12.3. The average Bonchev–Trinajstić information content (AvgIpc) is 2.58. The van der Waals surface area contributed by atoms with Gasteiger partial charge in [0, 0.05) is 24.5 Å². The van der Waals surface area contributed by atoms with Gasteiger partial charge in [0.1, 0.15) is 0 Å². The number of nitrogens with zero attached hydrogens (tertiary/aromatic N) is 1. The van der Waals surface area contributed by atoms with Gasteiger partial charge >= 0.3 is 5.97 Å². The van der Waals surface area contributed by atoms with E-state index in [2.05, 4.69) is 6.07 Å². The smallest absolute Gasteiger partial charge is 0.329 e. The van der Waals surface area contributed by atoms with Crippen molar-refractivity contribution in [3.05, 3.63) is 42.1 Å². The molecular weight excluding hydrogens is 178 g/mol. The number of anilines is 1. The molecule has 3 nitrogen and oxygen atoms in total. The van der Waals surface area contributed by atoms with Gasteiger partial charge in [0.25, 0.3) is 0 Å². The standard InChI is InChI=1S/C11H11NO2/c13-11(14)6-8-12-7-5-9-3-1-2-4-10(9)12/h1-4,6,8H,5,7H2,(H,13,14)/b8-6+. The fourth-order valence-electron chi connectivity index (χ4n) is 1.67. The number of carboxylic acid groups (broad SMARTS) is 1. The number of fused-ring (bicyclic) bond motifs is 1. The van der Waals surface area contributed by atoms with E-state index in [1.807, 2.05) is 23.1 Å². The van der Waals surface area contributed by atoms with Gasteiger partial charge in [0.15, 0.2) is 0 Å². The minimum atomic E-state index is -0.908. The zero-order chi connectivity index (χ0) is 9.97. The van der Waals surface area contributed by atoms with Gasteiger partial charge in [0.2, 0.25) is 0 Å². The Morgan fingerprint density at radius 3 is 3.00 bits per heavy atom. The Bertz CT molecular complexity index is 385. The fourth-order valence-corrected chi connectivity index (χ4v) is 1.67. The molecule has 1 aliphatic heterocycles. The first-order valence-electron chi connectivity index (χ1n) is 4.53. The van der Waals surface area contributed by atoms with Crippen LogP contribution in [0.1, 0.15) is 5.56 Å². The number of hydrogen-bond donors (Lipinski definition) is 1. The maximum absolute atomic E-state index is 10.4. The predicted octanol–water partition coefficient (Wildman–Crippen LogP) is 1.65. The summed E-state index contributed by atoms with van der Waals surface area (Å²) in [6.45, 7) is 0.864. The summed E-state index contributed by atoms with van der Waals surface area (Å²) in [7, 11) is 0. The van der Waals surface area contributed by atoms with E-state index in [0.29, 0.717) is 0 Å². The molecule has 1 aromatic rings. The minimum absolute atomic E-state index is 0.864. The van der Waals surface area contributed by atoms with Crippen molar-refractivity contribution < 1.29 is 9.90 Å². The van der Waals surface area contributed by atoms with Gasteiger partial charge in [-0.15, -0.1) is 0 Å². The number of para-hydroxylation sites is 1. The van der Waals surface area contributed by atoms with Crippen LogP contribution in [0.15, 0.2) is 36.5 Å². The molecule has 0 unspecified atom stereocenters. The molecule has 14 heavy (non-hydrogen) atoms. The van der Waals surface area contributed by atoms with E-state index in [9.17, 15) is 4.79 Å². The Balaban J connectivity index is 2.22. The highest BCUT2D eigenvalue weighted by molar-refractivity contribution is 5.80. The SMILES string of the molecule is O=C(O)/C=C/N1CCc2ccccc21.